The fourth-order valence-corrected chi connectivity index (χ4v) is 1.96. The Kier molecular flexibility index (Phi) is 5.74. The Hall–Kier alpha value is -2.62. The van der Waals surface area contributed by atoms with Crippen molar-refractivity contribution in [2.24, 2.45) is 0 Å². The second kappa shape index (κ2) is 7.77. The molecule has 1 aromatic heterocycles. The molecule has 0 radical (unpaired) electrons. The minimum atomic E-state index is -4.63. The van der Waals surface area contributed by atoms with Gasteiger partial charge >= 0.3 is 11.9 Å². The quantitative estimate of drug-likeness (QED) is 0.700. The predicted octanol–water partition coefficient (Wildman–Crippen LogP) is 1.08. The molecule has 1 aromatic carbocycles. The van der Waals surface area contributed by atoms with Gasteiger partial charge in [0.15, 0.2) is 6.10 Å². The summed E-state index contributed by atoms with van der Waals surface area (Å²) in [6, 6.07) is 7.07. The number of rotatable bonds is 7. The van der Waals surface area contributed by atoms with Gasteiger partial charge in [0.05, 0.1) is 0 Å². The molecule has 24 heavy (non-hydrogen) atoms. The molecule has 1 heterocycles. The first-order valence-corrected chi connectivity index (χ1v) is 7.00. The molecular formula is C14H15F3N4O3. The fraction of sp³-hybridized carbons (Fsp3) is 0.357. The lowest BCUT2D eigenvalue weighted by Gasteiger charge is -2.21. The van der Waals surface area contributed by atoms with Gasteiger partial charge in [-0.25, -0.2) is 9.89 Å². The van der Waals surface area contributed by atoms with Gasteiger partial charge in [-0.2, -0.15) is 18.3 Å². The first-order valence-electron chi connectivity index (χ1n) is 7.00. The molecule has 1 atom stereocenters. The average Bonchev–Trinajstić information content (AvgIpc) is 2.93. The number of H-pyrrole nitrogens is 2. The monoisotopic (exact) mass is 344 g/mol. The van der Waals surface area contributed by atoms with Crippen LogP contribution in [0.4, 0.5) is 13.2 Å². The van der Waals surface area contributed by atoms with Crippen molar-refractivity contribution < 1.29 is 22.7 Å². The number of benzene rings is 1. The first kappa shape index (κ1) is 17.7. The van der Waals surface area contributed by atoms with Crippen molar-refractivity contribution in [3.05, 3.63) is 52.2 Å². The molecule has 130 valence electrons. The summed E-state index contributed by atoms with van der Waals surface area (Å²) in [5.41, 5.74) is -0.553. The van der Waals surface area contributed by atoms with Crippen LogP contribution in [0.25, 0.3) is 0 Å². The second-order valence-electron chi connectivity index (χ2n) is 4.87. The van der Waals surface area contributed by atoms with Crippen LogP contribution in [-0.4, -0.2) is 40.4 Å². The van der Waals surface area contributed by atoms with E-state index >= 15 is 0 Å². The Bertz CT molecular complexity index is 712. The predicted molar refractivity (Wildman–Crippen MR) is 77.1 cm³/mol. The number of alkyl halides is 3. The van der Waals surface area contributed by atoms with Gasteiger partial charge < -0.3 is 10.1 Å². The average molecular weight is 344 g/mol. The minimum Gasteiger partial charge on any atom is -0.354 e. The summed E-state index contributed by atoms with van der Waals surface area (Å²) in [6.45, 7) is -0.638. The van der Waals surface area contributed by atoms with Crippen molar-refractivity contribution in [1.29, 1.82) is 0 Å². The highest BCUT2D eigenvalue weighted by Crippen LogP contribution is 2.35. The Morgan fingerprint density at radius 3 is 2.58 bits per heavy atom. The van der Waals surface area contributed by atoms with Crippen LogP contribution in [0.2, 0.25) is 0 Å². The number of hydrogen-bond acceptors (Lipinski definition) is 4. The third-order valence-electron chi connectivity index (χ3n) is 3.01. The molecule has 0 saturated carbocycles. The first-order chi connectivity index (χ1) is 11.4. The van der Waals surface area contributed by atoms with Gasteiger partial charge in [-0.3, -0.25) is 9.78 Å². The third-order valence-corrected chi connectivity index (χ3v) is 3.01. The van der Waals surface area contributed by atoms with Crippen LogP contribution in [-0.2, 0) is 16.0 Å². The van der Waals surface area contributed by atoms with Crippen molar-refractivity contribution in [2.75, 3.05) is 13.2 Å². The highest BCUT2D eigenvalue weighted by molar-refractivity contribution is 5.77. The molecule has 0 unspecified atom stereocenters. The van der Waals surface area contributed by atoms with Crippen molar-refractivity contribution in [1.82, 2.24) is 20.5 Å². The Labute approximate surface area is 134 Å². The summed E-state index contributed by atoms with van der Waals surface area (Å²) in [6.07, 6.45) is -6.57. The summed E-state index contributed by atoms with van der Waals surface area (Å²) < 4.78 is 43.8. The van der Waals surface area contributed by atoms with Crippen LogP contribution in [0.3, 0.4) is 0 Å². The number of ether oxygens (including phenoxy) is 1. The zero-order valence-electron chi connectivity index (χ0n) is 12.4. The number of amides is 1. The van der Waals surface area contributed by atoms with E-state index in [0.717, 1.165) is 0 Å². The number of carbonyl (C=O) groups excluding carboxylic acids is 1. The molecule has 10 heteroatoms. The molecule has 2 rings (SSSR count). The van der Waals surface area contributed by atoms with Crippen molar-refractivity contribution in [3.8, 4) is 0 Å². The highest BCUT2D eigenvalue weighted by Gasteiger charge is 2.42. The second-order valence-corrected chi connectivity index (χ2v) is 4.87. The van der Waals surface area contributed by atoms with Crippen molar-refractivity contribution in [2.45, 2.75) is 18.7 Å². The van der Waals surface area contributed by atoms with Crippen LogP contribution in [0.15, 0.2) is 35.1 Å². The summed E-state index contributed by atoms with van der Waals surface area (Å²) in [7, 11) is 0. The van der Waals surface area contributed by atoms with E-state index in [0.29, 0.717) is 5.82 Å². The summed E-state index contributed by atoms with van der Waals surface area (Å²) >= 11 is 0. The van der Waals surface area contributed by atoms with Crippen LogP contribution in [0.5, 0.6) is 0 Å². The molecule has 0 aliphatic heterocycles. The number of aromatic amines is 2. The maximum atomic E-state index is 13.0. The number of nitrogens with one attached hydrogen (secondary N) is 3. The van der Waals surface area contributed by atoms with Gasteiger partial charge in [0, 0.05) is 13.0 Å². The lowest BCUT2D eigenvalue weighted by Crippen LogP contribution is -2.33. The largest absolute Gasteiger partial charge is 0.418 e. The zero-order chi connectivity index (χ0) is 17.6. The maximum absolute atomic E-state index is 13.0. The van der Waals surface area contributed by atoms with E-state index in [1.165, 1.54) is 24.3 Å². The van der Waals surface area contributed by atoms with Gasteiger partial charge in [0.1, 0.15) is 12.4 Å². The Balaban J connectivity index is 1.83. The fourth-order valence-electron chi connectivity index (χ4n) is 1.96. The molecule has 7 nitrogen and oxygen atoms in total. The topological polar surface area (TPSA) is 99.9 Å². The summed E-state index contributed by atoms with van der Waals surface area (Å²) in [4.78, 5) is 24.8. The third kappa shape index (κ3) is 5.23. The zero-order valence-corrected chi connectivity index (χ0v) is 12.4. The lowest BCUT2D eigenvalue weighted by atomic mass is 10.1. The summed E-state index contributed by atoms with van der Waals surface area (Å²) in [5, 5.41) is 8.18. The van der Waals surface area contributed by atoms with E-state index < -0.39 is 30.5 Å². The molecule has 2 aromatic rings. The Morgan fingerprint density at radius 1 is 1.29 bits per heavy atom. The van der Waals surface area contributed by atoms with Gasteiger partial charge in [0.25, 0.3) is 0 Å². The molecule has 0 bridgehead atoms. The molecule has 0 fully saturated rings. The molecule has 0 aliphatic rings. The van der Waals surface area contributed by atoms with E-state index in [1.807, 2.05) is 0 Å². The number of aromatic nitrogens is 3. The van der Waals surface area contributed by atoms with Crippen LogP contribution < -0.4 is 11.0 Å². The van der Waals surface area contributed by atoms with E-state index in [1.54, 1.807) is 6.07 Å². The smallest absolute Gasteiger partial charge is 0.354 e. The van der Waals surface area contributed by atoms with E-state index in [4.69, 9.17) is 4.74 Å². The van der Waals surface area contributed by atoms with E-state index in [-0.39, 0.29) is 18.5 Å². The van der Waals surface area contributed by atoms with Crippen LogP contribution in [0, 0.1) is 0 Å². The number of hydrogen-bond donors (Lipinski definition) is 3. The van der Waals surface area contributed by atoms with Gasteiger partial charge in [-0.15, -0.1) is 0 Å². The number of nitrogens with zero attached hydrogens (tertiary/aromatic N) is 1. The molecule has 0 saturated heterocycles. The Morgan fingerprint density at radius 2 is 2.00 bits per heavy atom. The number of carbonyl (C=O) groups is 1. The molecular weight excluding hydrogens is 329 g/mol. The van der Waals surface area contributed by atoms with Crippen LogP contribution in [0.1, 0.15) is 17.5 Å². The van der Waals surface area contributed by atoms with Gasteiger partial charge in [-0.05, 0) is 5.56 Å². The van der Waals surface area contributed by atoms with E-state index in [9.17, 15) is 22.8 Å². The molecule has 0 aliphatic carbocycles. The van der Waals surface area contributed by atoms with E-state index in [2.05, 4.69) is 20.5 Å². The highest BCUT2D eigenvalue weighted by atomic mass is 19.4. The molecule has 3 N–H and O–H groups in total. The standard InChI is InChI=1S/C14H15F3N4O3/c15-14(16,17)12(9-4-2-1-3-5-9)24-8-11(22)18-7-6-10-19-13(23)21-20-10/h1-5,12H,6-8H2,(H,18,22)(H2,19,20,21,23)/t12-/m1/s1. The SMILES string of the molecule is O=C(CO[C@H](c1ccccc1)C(F)(F)F)NCCc1n[nH]c(=O)[nH]1. The van der Waals surface area contributed by atoms with Gasteiger partial charge in [-0.1, -0.05) is 30.3 Å². The molecule has 1 amide bonds. The van der Waals surface area contributed by atoms with Crippen LogP contribution >= 0.6 is 0 Å². The number of halogens is 3. The molecule has 0 spiro atoms. The summed E-state index contributed by atoms with van der Waals surface area (Å²) in [5.74, 6) is -0.364. The van der Waals surface area contributed by atoms with Crippen molar-refractivity contribution >= 4 is 5.91 Å². The van der Waals surface area contributed by atoms with Crippen molar-refractivity contribution in [3.63, 3.8) is 0 Å². The normalized spacial score (nSPS) is 12.8. The lowest BCUT2D eigenvalue weighted by molar-refractivity contribution is -0.223. The van der Waals surface area contributed by atoms with Gasteiger partial charge in [0.2, 0.25) is 5.91 Å². The minimum absolute atomic E-state index is 0.0769. The maximum Gasteiger partial charge on any atom is 0.418 e.